The van der Waals surface area contributed by atoms with Gasteiger partial charge in [-0.3, -0.25) is 25.0 Å². The highest BCUT2D eigenvalue weighted by Gasteiger charge is 2.32. The van der Waals surface area contributed by atoms with Crippen LogP contribution in [0.3, 0.4) is 0 Å². The number of non-ortho nitro benzene ring substituents is 2. The van der Waals surface area contributed by atoms with Gasteiger partial charge in [-0.25, -0.2) is 0 Å². The number of halogens is 3. The normalized spacial score (nSPS) is 11.8. The zero-order valence-electron chi connectivity index (χ0n) is 15.3. The molecule has 1 N–H and O–H groups in total. The Hall–Kier alpha value is -3.50. The first-order chi connectivity index (χ1) is 13.3. The molecule has 0 aliphatic carbocycles. The van der Waals surface area contributed by atoms with Crippen molar-refractivity contribution in [2.24, 2.45) is 0 Å². The molecule has 0 aliphatic heterocycles. The van der Waals surface area contributed by atoms with Gasteiger partial charge >= 0.3 is 6.18 Å². The Kier molecular flexibility index (Phi) is 5.90. The van der Waals surface area contributed by atoms with Gasteiger partial charge in [0, 0.05) is 24.1 Å². The topological polar surface area (TPSA) is 115 Å². The van der Waals surface area contributed by atoms with Gasteiger partial charge in [-0.1, -0.05) is 32.0 Å². The number of nitrogens with zero attached hydrogens (tertiary/aromatic N) is 2. The standard InChI is InChI=1S/C18H16F3N3O5/c1-17(2,12-4-3-5-13(8-12)18(19,20)21)10-22-16(25)11-6-14(23(26)27)9-15(7-11)24(28)29/h3-9H,10H2,1-2H3,(H,22,25). The number of alkyl halides is 3. The van der Waals surface area contributed by atoms with E-state index in [2.05, 4.69) is 5.32 Å². The van der Waals surface area contributed by atoms with E-state index in [9.17, 15) is 38.2 Å². The number of carbonyl (C=O) groups excluding carboxylic acids is 1. The first kappa shape index (κ1) is 21.8. The smallest absolute Gasteiger partial charge is 0.351 e. The minimum Gasteiger partial charge on any atom is -0.351 e. The van der Waals surface area contributed by atoms with E-state index in [-0.39, 0.29) is 12.1 Å². The fourth-order valence-corrected chi connectivity index (χ4v) is 2.56. The third kappa shape index (κ3) is 5.27. The Balaban J connectivity index is 2.24. The van der Waals surface area contributed by atoms with Crippen LogP contribution in [0.25, 0.3) is 0 Å². The fraction of sp³-hybridized carbons (Fsp3) is 0.278. The van der Waals surface area contributed by atoms with Crippen molar-refractivity contribution in [3.8, 4) is 0 Å². The van der Waals surface area contributed by atoms with Crippen molar-refractivity contribution in [1.82, 2.24) is 5.32 Å². The van der Waals surface area contributed by atoms with E-state index in [1.165, 1.54) is 12.1 Å². The molecule has 0 aliphatic rings. The van der Waals surface area contributed by atoms with E-state index in [1.54, 1.807) is 13.8 Å². The van der Waals surface area contributed by atoms with E-state index in [1.807, 2.05) is 0 Å². The van der Waals surface area contributed by atoms with Gasteiger partial charge in [0.1, 0.15) is 0 Å². The summed E-state index contributed by atoms with van der Waals surface area (Å²) in [6.07, 6.45) is -4.52. The first-order valence-corrected chi connectivity index (χ1v) is 8.21. The number of hydrogen-bond acceptors (Lipinski definition) is 5. The van der Waals surface area contributed by atoms with Gasteiger partial charge in [0.15, 0.2) is 0 Å². The van der Waals surface area contributed by atoms with E-state index in [4.69, 9.17) is 0 Å². The average Bonchev–Trinajstić information content (AvgIpc) is 2.65. The second kappa shape index (κ2) is 7.86. The maximum Gasteiger partial charge on any atom is 0.416 e. The van der Waals surface area contributed by atoms with E-state index >= 15 is 0 Å². The van der Waals surface area contributed by atoms with Gasteiger partial charge in [0.05, 0.1) is 27.0 Å². The number of amides is 1. The number of carbonyl (C=O) groups is 1. The number of benzene rings is 2. The molecular weight excluding hydrogens is 395 g/mol. The van der Waals surface area contributed by atoms with Crippen LogP contribution in [0.1, 0.15) is 35.3 Å². The summed E-state index contributed by atoms with van der Waals surface area (Å²) in [5, 5.41) is 24.3. The van der Waals surface area contributed by atoms with Crippen LogP contribution in [-0.4, -0.2) is 22.3 Å². The number of hydrogen-bond donors (Lipinski definition) is 1. The van der Waals surface area contributed by atoms with Crippen molar-refractivity contribution < 1.29 is 27.8 Å². The van der Waals surface area contributed by atoms with Gasteiger partial charge in [0.25, 0.3) is 17.3 Å². The lowest BCUT2D eigenvalue weighted by molar-refractivity contribution is -0.394. The molecule has 154 valence electrons. The molecule has 0 fully saturated rings. The Morgan fingerprint density at radius 2 is 1.48 bits per heavy atom. The molecule has 29 heavy (non-hydrogen) atoms. The van der Waals surface area contributed by atoms with Crippen LogP contribution in [0, 0.1) is 20.2 Å². The molecule has 0 saturated carbocycles. The Bertz CT molecular complexity index is 941. The minimum atomic E-state index is -4.52. The molecule has 2 aromatic carbocycles. The van der Waals surface area contributed by atoms with Crippen molar-refractivity contribution in [2.45, 2.75) is 25.4 Å². The van der Waals surface area contributed by atoms with Crippen molar-refractivity contribution in [1.29, 1.82) is 0 Å². The van der Waals surface area contributed by atoms with Gasteiger partial charge < -0.3 is 5.32 Å². The van der Waals surface area contributed by atoms with Crippen molar-refractivity contribution in [2.75, 3.05) is 6.54 Å². The quantitative estimate of drug-likeness (QED) is 0.564. The van der Waals surface area contributed by atoms with Gasteiger partial charge in [-0.05, 0) is 11.6 Å². The third-order valence-corrected chi connectivity index (χ3v) is 4.25. The molecule has 0 heterocycles. The molecule has 0 spiro atoms. The largest absolute Gasteiger partial charge is 0.416 e. The molecule has 0 atom stereocenters. The molecule has 0 saturated heterocycles. The van der Waals surface area contributed by atoms with Crippen LogP contribution in [0.15, 0.2) is 42.5 Å². The van der Waals surface area contributed by atoms with Crippen LogP contribution in [-0.2, 0) is 11.6 Å². The first-order valence-electron chi connectivity index (χ1n) is 8.21. The summed E-state index contributed by atoms with van der Waals surface area (Å²) < 4.78 is 38.8. The highest BCUT2D eigenvalue weighted by Crippen LogP contribution is 2.32. The molecule has 0 aromatic heterocycles. The van der Waals surface area contributed by atoms with Crippen LogP contribution >= 0.6 is 0 Å². The molecule has 0 radical (unpaired) electrons. The SMILES string of the molecule is CC(C)(CNC(=O)c1cc([N+](=O)[O-])cc([N+](=O)[O-])c1)c1cccc(C(F)(F)F)c1. The van der Waals surface area contributed by atoms with Crippen LogP contribution in [0.2, 0.25) is 0 Å². The summed E-state index contributed by atoms with van der Waals surface area (Å²) >= 11 is 0. The maximum absolute atomic E-state index is 12.9. The number of nitrogens with one attached hydrogen (secondary N) is 1. The fourth-order valence-electron chi connectivity index (χ4n) is 2.56. The highest BCUT2D eigenvalue weighted by atomic mass is 19.4. The maximum atomic E-state index is 12.9. The van der Waals surface area contributed by atoms with Gasteiger partial charge in [0.2, 0.25) is 0 Å². The number of nitro groups is 2. The highest BCUT2D eigenvalue weighted by molar-refractivity contribution is 5.95. The van der Waals surface area contributed by atoms with E-state index in [0.29, 0.717) is 5.56 Å². The van der Waals surface area contributed by atoms with Crippen LogP contribution in [0.4, 0.5) is 24.5 Å². The Morgan fingerprint density at radius 1 is 0.966 bits per heavy atom. The molecule has 0 bridgehead atoms. The van der Waals surface area contributed by atoms with Gasteiger partial charge in [-0.15, -0.1) is 0 Å². The second-order valence-electron chi connectivity index (χ2n) is 6.90. The predicted octanol–water partition coefficient (Wildman–Crippen LogP) is 4.23. The average molecular weight is 411 g/mol. The van der Waals surface area contributed by atoms with Crippen LogP contribution in [0.5, 0.6) is 0 Å². The molecule has 2 rings (SSSR count). The number of nitro benzene ring substituents is 2. The molecule has 0 unspecified atom stereocenters. The molecule has 11 heteroatoms. The molecule has 8 nitrogen and oxygen atoms in total. The predicted molar refractivity (Wildman–Crippen MR) is 96.6 cm³/mol. The summed E-state index contributed by atoms with van der Waals surface area (Å²) in [5.74, 6) is -0.822. The monoisotopic (exact) mass is 411 g/mol. The lowest BCUT2D eigenvalue weighted by Crippen LogP contribution is -2.36. The molecular formula is C18H16F3N3O5. The van der Waals surface area contributed by atoms with Crippen molar-refractivity contribution in [3.05, 3.63) is 79.4 Å². The van der Waals surface area contributed by atoms with Crippen LogP contribution < -0.4 is 5.32 Å². The summed E-state index contributed by atoms with van der Waals surface area (Å²) in [4.78, 5) is 32.5. The van der Waals surface area contributed by atoms with E-state index < -0.39 is 44.3 Å². The van der Waals surface area contributed by atoms with E-state index in [0.717, 1.165) is 30.3 Å². The van der Waals surface area contributed by atoms with Crippen molar-refractivity contribution in [3.63, 3.8) is 0 Å². The summed E-state index contributed by atoms with van der Waals surface area (Å²) in [5.41, 5.74) is -2.97. The summed E-state index contributed by atoms with van der Waals surface area (Å²) in [6, 6.07) is 7.15. The zero-order valence-corrected chi connectivity index (χ0v) is 15.3. The minimum absolute atomic E-state index is 0.108. The second-order valence-corrected chi connectivity index (χ2v) is 6.90. The number of rotatable bonds is 6. The van der Waals surface area contributed by atoms with Gasteiger partial charge in [-0.2, -0.15) is 13.2 Å². The summed E-state index contributed by atoms with van der Waals surface area (Å²) in [7, 11) is 0. The lowest BCUT2D eigenvalue weighted by atomic mass is 9.83. The van der Waals surface area contributed by atoms with Crippen molar-refractivity contribution >= 4 is 17.3 Å². The summed E-state index contributed by atoms with van der Waals surface area (Å²) in [6.45, 7) is 3.11. The zero-order chi connectivity index (χ0) is 22.0. The molecule has 2 aromatic rings. The Morgan fingerprint density at radius 3 is 1.97 bits per heavy atom. The Labute approximate surface area is 162 Å². The third-order valence-electron chi connectivity index (χ3n) is 4.25. The molecule has 1 amide bonds. The lowest BCUT2D eigenvalue weighted by Gasteiger charge is -2.26.